The highest BCUT2D eigenvalue weighted by Gasteiger charge is 2.20. The SMILES string of the molecule is CC(C(=O)Nc1cc(Cl)ccc1C#N)n1nc(-c2ccco2)ccc1=O. The van der Waals surface area contributed by atoms with Gasteiger partial charge in [0.2, 0.25) is 5.91 Å². The summed E-state index contributed by atoms with van der Waals surface area (Å²) in [4.78, 5) is 24.7. The van der Waals surface area contributed by atoms with Crippen LogP contribution in [0, 0.1) is 11.3 Å². The third kappa shape index (κ3) is 3.50. The first-order valence-corrected chi connectivity index (χ1v) is 8.01. The monoisotopic (exact) mass is 368 g/mol. The van der Waals surface area contributed by atoms with Crippen LogP contribution < -0.4 is 10.9 Å². The van der Waals surface area contributed by atoms with Crippen molar-refractivity contribution in [1.82, 2.24) is 9.78 Å². The first kappa shape index (κ1) is 17.5. The Morgan fingerprint density at radius 2 is 2.15 bits per heavy atom. The Morgan fingerprint density at radius 3 is 2.85 bits per heavy atom. The molecular weight excluding hydrogens is 356 g/mol. The zero-order valence-corrected chi connectivity index (χ0v) is 14.4. The van der Waals surface area contributed by atoms with Crippen molar-refractivity contribution >= 4 is 23.2 Å². The maximum absolute atomic E-state index is 12.6. The molecule has 0 saturated carbocycles. The molecule has 26 heavy (non-hydrogen) atoms. The van der Waals surface area contributed by atoms with Gasteiger partial charge >= 0.3 is 0 Å². The summed E-state index contributed by atoms with van der Waals surface area (Å²) in [5, 5.41) is 16.3. The number of furan rings is 1. The summed E-state index contributed by atoms with van der Waals surface area (Å²) in [5.41, 5.74) is 0.524. The molecule has 7 nitrogen and oxygen atoms in total. The zero-order valence-electron chi connectivity index (χ0n) is 13.6. The van der Waals surface area contributed by atoms with Crippen molar-refractivity contribution in [2.75, 3.05) is 5.32 Å². The van der Waals surface area contributed by atoms with Gasteiger partial charge in [-0.25, -0.2) is 4.68 Å². The quantitative estimate of drug-likeness (QED) is 0.761. The molecule has 130 valence electrons. The van der Waals surface area contributed by atoms with Crippen molar-refractivity contribution in [3.05, 3.63) is 69.7 Å². The number of carbonyl (C=O) groups is 1. The number of anilines is 1. The summed E-state index contributed by atoms with van der Waals surface area (Å²) >= 11 is 5.92. The number of hydrogen-bond acceptors (Lipinski definition) is 5. The van der Waals surface area contributed by atoms with Gasteiger partial charge in [0.25, 0.3) is 5.56 Å². The van der Waals surface area contributed by atoms with Gasteiger partial charge in [0.15, 0.2) is 5.76 Å². The number of aromatic nitrogens is 2. The molecule has 0 radical (unpaired) electrons. The van der Waals surface area contributed by atoms with Crippen molar-refractivity contribution in [2.45, 2.75) is 13.0 Å². The number of nitrogens with zero attached hydrogens (tertiary/aromatic N) is 3. The maximum atomic E-state index is 12.6. The van der Waals surface area contributed by atoms with Gasteiger partial charge in [0.1, 0.15) is 17.8 Å². The largest absolute Gasteiger partial charge is 0.463 e. The molecule has 0 bridgehead atoms. The second kappa shape index (κ2) is 7.25. The first-order valence-electron chi connectivity index (χ1n) is 7.64. The highest BCUT2D eigenvalue weighted by atomic mass is 35.5. The van der Waals surface area contributed by atoms with Crippen LogP contribution in [0.2, 0.25) is 5.02 Å². The first-order chi connectivity index (χ1) is 12.5. The number of halogens is 1. The van der Waals surface area contributed by atoms with Crippen LogP contribution in [-0.4, -0.2) is 15.7 Å². The average molecular weight is 369 g/mol. The Bertz CT molecular complexity index is 1050. The van der Waals surface area contributed by atoms with Crippen molar-refractivity contribution in [2.24, 2.45) is 0 Å². The van der Waals surface area contributed by atoms with Crippen LogP contribution in [0.4, 0.5) is 5.69 Å². The molecule has 0 saturated heterocycles. The minimum Gasteiger partial charge on any atom is -0.463 e. The Kier molecular flexibility index (Phi) is 4.87. The van der Waals surface area contributed by atoms with Crippen LogP contribution >= 0.6 is 11.6 Å². The molecule has 0 spiro atoms. The van der Waals surface area contributed by atoms with Gasteiger partial charge in [-0.2, -0.15) is 10.4 Å². The molecule has 0 aliphatic carbocycles. The fourth-order valence-electron chi connectivity index (χ4n) is 2.32. The lowest BCUT2D eigenvalue weighted by atomic mass is 10.2. The standard InChI is InChI=1S/C18H13ClN4O3/c1-11(18(25)21-15-9-13(19)5-4-12(15)10-20)23-17(24)7-6-14(22-23)16-3-2-8-26-16/h2-9,11H,1H3,(H,21,25). The molecular formula is C18H13ClN4O3. The van der Waals surface area contributed by atoms with Crippen LogP contribution in [0.25, 0.3) is 11.5 Å². The number of rotatable bonds is 4. The highest BCUT2D eigenvalue weighted by molar-refractivity contribution is 6.31. The molecule has 1 amide bonds. The number of nitriles is 1. The molecule has 3 rings (SSSR count). The lowest BCUT2D eigenvalue weighted by Gasteiger charge is -2.15. The van der Waals surface area contributed by atoms with Gasteiger partial charge in [-0.1, -0.05) is 11.6 Å². The lowest BCUT2D eigenvalue weighted by molar-refractivity contribution is -0.119. The lowest BCUT2D eigenvalue weighted by Crippen LogP contribution is -2.33. The summed E-state index contributed by atoms with van der Waals surface area (Å²) in [6.07, 6.45) is 1.49. The molecule has 3 aromatic rings. The van der Waals surface area contributed by atoms with Crippen molar-refractivity contribution < 1.29 is 9.21 Å². The van der Waals surface area contributed by atoms with Gasteiger partial charge in [-0.15, -0.1) is 0 Å². The molecule has 0 aliphatic heterocycles. The van der Waals surface area contributed by atoms with E-state index in [0.29, 0.717) is 16.5 Å². The number of benzene rings is 1. The summed E-state index contributed by atoms with van der Waals surface area (Å²) in [6, 6.07) is 11.8. The van der Waals surface area contributed by atoms with E-state index in [1.807, 2.05) is 6.07 Å². The Morgan fingerprint density at radius 1 is 1.35 bits per heavy atom. The van der Waals surface area contributed by atoms with Crippen LogP contribution in [-0.2, 0) is 4.79 Å². The minimum absolute atomic E-state index is 0.264. The summed E-state index contributed by atoms with van der Waals surface area (Å²) < 4.78 is 6.32. The van der Waals surface area contributed by atoms with E-state index in [4.69, 9.17) is 21.3 Å². The molecule has 0 fully saturated rings. The molecule has 1 aromatic carbocycles. The fourth-order valence-corrected chi connectivity index (χ4v) is 2.50. The predicted molar refractivity (Wildman–Crippen MR) is 95.7 cm³/mol. The third-order valence-corrected chi connectivity index (χ3v) is 3.94. The van der Waals surface area contributed by atoms with E-state index in [0.717, 1.165) is 4.68 Å². The smallest absolute Gasteiger partial charge is 0.267 e. The van der Waals surface area contributed by atoms with E-state index in [1.54, 1.807) is 18.2 Å². The maximum Gasteiger partial charge on any atom is 0.267 e. The topological polar surface area (TPSA) is 101 Å². The molecule has 0 aliphatic rings. The van der Waals surface area contributed by atoms with E-state index >= 15 is 0 Å². The number of hydrogen-bond donors (Lipinski definition) is 1. The Labute approximate surface area is 153 Å². The zero-order chi connectivity index (χ0) is 18.7. The van der Waals surface area contributed by atoms with Crippen LogP contribution in [0.3, 0.4) is 0 Å². The highest BCUT2D eigenvalue weighted by Crippen LogP contribution is 2.22. The van der Waals surface area contributed by atoms with Gasteiger partial charge < -0.3 is 9.73 Å². The van der Waals surface area contributed by atoms with Crippen LogP contribution in [0.15, 0.2) is 57.9 Å². The van der Waals surface area contributed by atoms with Gasteiger partial charge in [-0.05, 0) is 43.3 Å². The molecule has 2 heterocycles. The van der Waals surface area contributed by atoms with Crippen LogP contribution in [0.5, 0.6) is 0 Å². The van der Waals surface area contributed by atoms with E-state index < -0.39 is 17.5 Å². The van der Waals surface area contributed by atoms with E-state index in [2.05, 4.69) is 10.4 Å². The number of amides is 1. The normalized spacial score (nSPS) is 11.6. The Hall–Kier alpha value is -3.37. The third-order valence-electron chi connectivity index (χ3n) is 3.70. The van der Waals surface area contributed by atoms with Gasteiger partial charge in [0.05, 0.1) is 17.5 Å². The predicted octanol–water partition coefficient (Wildman–Crippen LogP) is 3.23. The fraction of sp³-hybridized carbons (Fsp3) is 0.111. The molecule has 1 N–H and O–H groups in total. The van der Waals surface area contributed by atoms with E-state index in [1.165, 1.54) is 37.5 Å². The molecule has 8 heteroatoms. The number of carbonyl (C=O) groups excluding carboxylic acids is 1. The molecule has 1 unspecified atom stereocenters. The second-order valence-electron chi connectivity index (χ2n) is 5.45. The average Bonchev–Trinajstić information content (AvgIpc) is 3.16. The van der Waals surface area contributed by atoms with Crippen LogP contribution in [0.1, 0.15) is 18.5 Å². The van der Waals surface area contributed by atoms with E-state index in [9.17, 15) is 9.59 Å². The van der Waals surface area contributed by atoms with Gasteiger partial charge in [-0.3, -0.25) is 9.59 Å². The molecule has 2 aromatic heterocycles. The number of nitrogens with one attached hydrogen (secondary N) is 1. The van der Waals surface area contributed by atoms with Crippen molar-refractivity contribution in [1.29, 1.82) is 5.26 Å². The van der Waals surface area contributed by atoms with Crippen molar-refractivity contribution in [3.63, 3.8) is 0 Å². The van der Waals surface area contributed by atoms with E-state index in [-0.39, 0.29) is 11.3 Å². The van der Waals surface area contributed by atoms with Crippen molar-refractivity contribution in [3.8, 4) is 17.5 Å². The summed E-state index contributed by atoms with van der Waals surface area (Å²) in [6.45, 7) is 1.53. The second-order valence-corrected chi connectivity index (χ2v) is 5.88. The minimum atomic E-state index is -0.914. The summed E-state index contributed by atoms with van der Waals surface area (Å²) in [5.74, 6) is -0.0251. The van der Waals surface area contributed by atoms with Gasteiger partial charge in [0, 0.05) is 11.1 Å². The summed E-state index contributed by atoms with van der Waals surface area (Å²) in [7, 11) is 0. The Balaban J connectivity index is 1.90. The molecule has 1 atom stereocenters.